The molecule has 372 valence electrons. The zero-order valence-electron chi connectivity index (χ0n) is 40.5. The van der Waals surface area contributed by atoms with Crippen LogP contribution in [0.25, 0.3) is 34.2 Å². The Hall–Kier alpha value is -7.64. The maximum Gasteiger partial charge on any atom is 0.252 e. The minimum atomic E-state index is -0.858. The molecule has 0 fully saturated rings. The fraction of sp³-hybridized carbons (Fsp3) is 0.309. The van der Waals surface area contributed by atoms with Crippen molar-refractivity contribution >= 4 is 35.0 Å². The number of aromatic nitrogens is 6. The van der Waals surface area contributed by atoms with Crippen molar-refractivity contribution in [2.75, 3.05) is 6.54 Å². The molecule has 0 aliphatic carbocycles. The summed E-state index contributed by atoms with van der Waals surface area (Å²) in [6, 6.07) is 34.1. The molecule has 1 unspecified atom stereocenters. The third kappa shape index (κ3) is 12.7. The van der Waals surface area contributed by atoms with Crippen molar-refractivity contribution in [3.8, 4) is 34.2 Å². The second-order valence-corrected chi connectivity index (χ2v) is 20.1. The smallest absolute Gasteiger partial charge is 0.252 e. The number of carbonyl (C=O) groups is 4. The van der Waals surface area contributed by atoms with Gasteiger partial charge in [0.25, 0.3) is 11.8 Å². The number of hydrazine groups is 1. The van der Waals surface area contributed by atoms with E-state index in [4.69, 9.17) is 35.7 Å². The highest BCUT2D eigenvalue weighted by molar-refractivity contribution is 7.12. The molecule has 73 heavy (non-hydrogen) atoms. The van der Waals surface area contributed by atoms with Gasteiger partial charge in [-0.05, 0) is 123 Å². The van der Waals surface area contributed by atoms with Crippen LogP contribution in [-0.4, -0.2) is 75.9 Å². The number of unbranched alkanes of at least 4 members (excludes halogenated alkanes) is 2. The molecule has 7 aromatic rings. The average molecular weight is 996 g/mol. The second-order valence-electron chi connectivity index (χ2n) is 18.8. The van der Waals surface area contributed by atoms with Gasteiger partial charge in [-0.2, -0.15) is 0 Å². The molecule has 0 spiro atoms. The number of thiophene rings is 1. The van der Waals surface area contributed by atoms with Crippen LogP contribution in [0.15, 0.2) is 109 Å². The number of aryl methyl sites for hydroxylation is 1. The third-order valence-corrected chi connectivity index (χ3v) is 14.2. The first-order valence-electron chi connectivity index (χ1n) is 24.9. The van der Waals surface area contributed by atoms with Gasteiger partial charge in [-0.1, -0.05) is 30.7 Å². The molecule has 0 radical (unpaired) electrons. The molecule has 4 aliphatic heterocycles. The molecule has 6 N–H and O–H groups in total. The van der Waals surface area contributed by atoms with E-state index in [9.17, 15) is 19.2 Å². The molecule has 4 aliphatic rings. The lowest BCUT2D eigenvalue weighted by Gasteiger charge is -2.24. The zero-order valence-corrected chi connectivity index (χ0v) is 41.3. The van der Waals surface area contributed by atoms with Crippen molar-refractivity contribution in [3.05, 3.63) is 164 Å². The third-order valence-electron chi connectivity index (χ3n) is 13.1. The summed E-state index contributed by atoms with van der Waals surface area (Å²) in [5.74, 6) is 4.05. The summed E-state index contributed by atoms with van der Waals surface area (Å²) >= 11 is 1.64. The minimum Gasteiger partial charge on any atom is -0.352 e. The van der Waals surface area contributed by atoms with Crippen molar-refractivity contribution in [2.24, 2.45) is 5.84 Å². The lowest BCUT2D eigenvalue weighted by Crippen LogP contribution is -2.46. The van der Waals surface area contributed by atoms with E-state index < -0.39 is 11.9 Å². The first-order valence-corrected chi connectivity index (χ1v) is 25.7. The quantitative estimate of drug-likeness (QED) is 0.0447. The molecule has 0 saturated heterocycles. The number of pyridine rings is 6. The lowest BCUT2D eigenvalue weighted by molar-refractivity contribution is -0.123. The zero-order chi connectivity index (χ0) is 50.1. The molecule has 18 heteroatoms. The van der Waals surface area contributed by atoms with Crippen LogP contribution in [0.2, 0.25) is 0 Å². The molecule has 7 aromatic heterocycles. The summed E-state index contributed by atoms with van der Waals surface area (Å²) in [7, 11) is 0. The van der Waals surface area contributed by atoms with Crippen molar-refractivity contribution in [1.29, 1.82) is 0 Å². The highest BCUT2D eigenvalue weighted by atomic mass is 32.1. The second kappa shape index (κ2) is 22.8. The van der Waals surface area contributed by atoms with Crippen molar-refractivity contribution in [2.45, 2.75) is 103 Å². The number of rotatable bonds is 9. The first-order chi connectivity index (χ1) is 35.7. The number of hydrogen-bond acceptors (Lipinski definition) is 14. The number of nitrogens with two attached hydrogens (primary N) is 1. The lowest BCUT2D eigenvalue weighted by atomic mass is 10.1. The fourth-order valence-electron chi connectivity index (χ4n) is 9.48. The monoisotopic (exact) mass is 995 g/mol. The van der Waals surface area contributed by atoms with Gasteiger partial charge < -0.3 is 16.0 Å². The fourth-order valence-corrected chi connectivity index (χ4v) is 10.5. The topological polar surface area (TPSA) is 226 Å². The highest BCUT2D eigenvalue weighted by Crippen LogP contribution is 2.27. The number of hydrogen-bond donors (Lipinski definition) is 5. The van der Waals surface area contributed by atoms with Crippen molar-refractivity contribution < 1.29 is 19.2 Å². The van der Waals surface area contributed by atoms with E-state index in [0.717, 1.165) is 76.1 Å². The van der Waals surface area contributed by atoms with E-state index in [0.29, 0.717) is 105 Å². The van der Waals surface area contributed by atoms with Gasteiger partial charge in [0, 0.05) is 73.1 Å². The van der Waals surface area contributed by atoms with Gasteiger partial charge in [0.1, 0.15) is 6.04 Å². The van der Waals surface area contributed by atoms with Crippen LogP contribution in [0.5, 0.6) is 0 Å². The van der Waals surface area contributed by atoms with Gasteiger partial charge in [-0.25, -0.2) is 35.7 Å². The summed E-state index contributed by atoms with van der Waals surface area (Å²) < 4.78 is 0. The summed E-state index contributed by atoms with van der Waals surface area (Å²) in [5.41, 5.74) is 11.1. The van der Waals surface area contributed by atoms with E-state index in [1.54, 1.807) is 29.5 Å². The number of nitrogens with zero attached hydrogens (tertiary/aromatic N) is 8. The van der Waals surface area contributed by atoms with E-state index in [1.165, 1.54) is 4.88 Å². The molecule has 1 atom stereocenters. The predicted octanol–water partition coefficient (Wildman–Crippen LogP) is 6.57. The van der Waals surface area contributed by atoms with E-state index in [-0.39, 0.29) is 24.3 Å². The Kier molecular flexibility index (Phi) is 15.3. The van der Waals surface area contributed by atoms with Gasteiger partial charge in [0.2, 0.25) is 11.8 Å². The van der Waals surface area contributed by atoms with E-state index in [2.05, 4.69) is 37.2 Å². The van der Waals surface area contributed by atoms with Crippen LogP contribution >= 0.6 is 11.3 Å². The van der Waals surface area contributed by atoms with Crippen molar-refractivity contribution in [1.82, 2.24) is 61.1 Å². The summed E-state index contributed by atoms with van der Waals surface area (Å²) in [4.78, 5) is 92.0. The van der Waals surface area contributed by atoms with Gasteiger partial charge in [0.15, 0.2) is 0 Å². The van der Waals surface area contributed by atoms with Gasteiger partial charge in [0.05, 0.1) is 74.9 Å². The van der Waals surface area contributed by atoms with Crippen LogP contribution in [0, 0.1) is 0 Å². The standard InChI is InChI=1S/C55H57N13O4S/c56-66-52(69)20-3-1-2-14-43-21-22-44(73-43)28-58-55(72)49-15-4-5-23-57-53(70)35-24-41-33-67-29-37-10-6-16-45(59-37)47-18-8-12-39(61-47)31-68(32-40-13-9-19-48(62-40)46-17-7-11-38(30-67)60-46)34-42-25-36(54(71)65-49)27-51(64-42)50(26-35)63-41/h6-13,16-19,21-22,24-27,49H,1-5,14-15,20,23,28-34,56H2,(H,57,70)(H,58,72)(H,65,71)(H,66,69). The molecular weight excluding hydrogens is 939 g/mol. The molecule has 0 saturated carbocycles. The Balaban J connectivity index is 1.02. The van der Waals surface area contributed by atoms with E-state index >= 15 is 0 Å². The largest absolute Gasteiger partial charge is 0.352 e. The summed E-state index contributed by atoms with van der Waals surface area (Å²) in [6.07, 6.45) is 5.38. The van der Waals surface area contributed by atoms with E-state index in [1.807, 2.05) is 84.9 Å². The molecule has 11 heterocycles. The Morgan fingerprint density at radius 1 is 0.575 bits per heavy atom. The van der Waals surface area contributed by atoms with Crippen molar-refractivity contribution in [3.63, 3.8) is 0 Å². The SMILES string of the molecule is NNC(=O)CCCCCc1ccc(CNC(=O)C2CCCCNC(=O)c3cc4nc(c3)-c3cc(cc(n3)CN3Cc5cccc(n5)-c5cccc(n5)CN(Cc5cccc(n5)-c5cccc(n5)C3)C4)C(=O)N2)s1. The number of amides is 4. The number of nitrogens with one attached hydrogen (secondary N) is 4. The van der Waals surface area contributed by atoms with Gasteiger partial charge >= 0.3 is 0 Å². The van der Waals surface area contributed by atoms with Crippen LogP contribution in [-0.2, 0) is 61.8 Å². The van der Waals surface area contributed by atoms with Crippen LogP contribution in [0.1, 0.15) is 110 Å². The Morgan fingerprint density at radius 2 is 1.07 bits per heavy atom. The maximum atomic E-state index is 14.7. The summed E-state index contributed by atoms with van der Waals surface area (Å²) in [5, 5.41) is 9.28. The predicted molar refractivity (Wildman–Crippen MR) is 276 cm³/mol. The first kappa shape index (κ1) is 49.0. The normalized spacial score (nSPS) is 17.7. The average Bonchev–Trinajstić information content (AvgIpc) is 3.86. The summed E-state index contributed by atoms with van der Waals surface area (Å²) in [6.45, 7) is 2.91. The molecule has 4 amide bonds. The maximum absolute atomic E-state index is 14.7. The minimum absolute atomic E-state index is 0.163. The van der Waals surface area contributed by atoms with Gasteiger partial charge in [-0.15, -0.1) is 11.3 Å². The number of fused-ring (bicyclic) bond motifs is 2. The Morgan fingerprint density at radius 3 is 1.60 bits per heavy atom. The molecular formula is C55H57N13O4S. The van der Waals surface area contributed by atoms with Gasteiger partial charge in [-0.3, -0.25) is 34.4 Å². The Labute approximate surface area is 427 Å². The molecule has 16 bridgehead atoms. The molecule has 17 nitrogen and oxygen atoms in total. The Bertz CT molecular complexity index is 3070. The van der Waals surface area contributed by atoms with Crippen LogP contribution in [0.3, 0.4) is 0 Å². The molecule has 0 aromatic carbocycles. The van der Waals surface area contributed by atoms with Crippen LogP contribution < -0.4 is 27.2 Å². The highest BCUT2D eigenvalue weighted by Gasteiger charge is 2.25. The number of carbonyl (C=O) groups excluding carboxylic acids is 4. The van der Waals surface area contributed by atoms with Crippen LogP contribution in [0.4, 0.5) is 0 Å². The molecule has 11 rings (SSSR count).